The van der Waals surface area contributed by atoms with Gasteiger partial charge >= 0.3 is 11.9 Å². The third kappa shape index (κ3) is 36.3. The topological polar surface area (TPSA) is 196 Å². The highest BCUT2D eigenvalue weighted by Crippen LogP contribution is 1.95. The normalized spacial score (nSPS) is 8.08. The molecule has 0 aromatic heterocycles. The number of hydrogen-bond acceptors (Lipinski definition) is 11. The highest BCUT2D eigenvalue weighted by Gasteiger charge is 2.10. The van der Waals surface area contributed by atoms with Crippen LogP contribution in [0.25, 0.3) is 0 Å². The van der Waals surface area contributed by atoms with Gasteiger partial charge in [0.1, 0.15) is 19.3 Å². The lowest BCUT2D eigenvalue weighted by Gasteiger charge is -2.10. The zero-order chi connectivity index (χ0) is 20.0. The standard InChI is InChI=1S/C10H14O5.3CHNO/c1-4-9(12)14-5-8(11)6-15-10(13)7(2)3;3*2-1-3/h4,8,11H,1-2,5-6H2,3H3;3*2H. The fourth-order valence-electron chi connectivity index (χ4n) is 0.580. The molecule has 4 N–H and O–H groups in total. The van der Waals surface area contributed by atoms with Gasteiger partial charge in [-0.15, -0.1) is 0 Å². The molecule has 0 saturated carbocycles. The molecule has 0 saturated heterocycles. The fraction of sp³-hybridized carbons (Fsp3) is 0.308. The predicted octanol–water partition coefficient (Wildman–Crippen LogP) is -0.101. The van der Waals surface area contributed by atoms with Crippen LogP contribution >= 0.6 is 0 Å². The molecule has 0 rings (SSSR count). The lowest BCUT2D eigenvalue weighted by molar-refractivity contribution is -0.146. The van der Waals surface area contributed by atoms with E-state index in [2.05, 4.69) is 22.6 Å². The maximum atomic E-state index is 10.9. The Bertz CT molecular complexity index is 469. The van der Waals surface area contributed by atoms with E-state index < -0.39 is 18.0 Å². The van der Waals surface area contributed by atoms with Gasteiger partial charge < -0.3 is 14.6 Å². The fourth-order valence-corrected chi connectivity index (χ4v) is 0.580. The SMILES string of the molecule is C=CC(=O)OCC(O)COC(=O)C(=C)C.N=C=O.N=C=O.N=C=O. The molecule has 0 fully saturated rings. The lowest BCUT2D eigenvalue weighted by Crippen LogP contribution is -2.25. The molecule has 0 aromatic rings. The van der Waals surface area contributed by atoms with Gasteiger partial charge in [0.25, 0.3) is 0 Å². The van der Waals surface area contributed by atoms with Gasteiger partial charge in [-0.05, 0) is 6.92 Å². The summed E-state index contributed by atoms with van der Waals surface area (Å²) < 4.78 is 9.15. The van der Waals surface area contributed by atoms with E-state index in [4.69, 9.17) is 30.6 Å². The minimum absolute atomic E-state index is 0.240. The molecule has 0 aliphatic carbocycles. The smallest absolute Gasteiger partial charge is 0.333 e. The molecule has 0 heterocycles. The van der Waals surface area contributed by atoms with E-state index in [1.165, 1.54) is 6.92 Å². The number of hydrogen-bond donors (Lipinski definition) is 4. The molecule has 1 unspecified atom stereocenters. The van der Waals surface area contributed by atoms with E-state index in [1.807, 2.05) is 0 Å². The number of isocyanates is 3. The molecule has 0 bridgehead atoms. The van der Waals surface area contributed by atoms with Crippen LogP contribution in [0.15, 0.2) is 24.8 Å². The number of aliphatic hydroxyl groups excluding tert-OH is 1. The van der Waals surface area contributed by atoms with E-state index in [-0.39, 0.29) is 18.8 Å². The molecule has 1 atom stereocenters. The molecular formula is C13H17N3O8. The summed E-state index contributed by atoms with van der Waals surface area (Å²) in [7, 11) is 0. The van der Waals surface area contributed by atoms with Crippen LogP contribution in [0.4, 0.5) is 0 Å². The van der Waals surface area contributed by atoms with Crippen molar-refractivity contribution < 1.29 is 38.6 Å². The van der Waals surface area contributed by atoms with Crippen LogP contribution in [0.1, 0.15) is 6.92 Å². The molecule has 11 nitrogen and oxygen atoms in total. The van der Waals surface area contributed by atoms with Crippen molar-refractivity contribution in [3.05, 3.63) is 24.8 Å². The van der Waals surface area contributed by atoms with Crippen LogP contribution in [0.3, 0.4) is 0 Å². The maximum absolute atomic E-state index is 10.9. The minimum atomic E-state index is -1.04. The van der Waals surface area contributed by atoms with E-state index in [1.54, 1.807) is 0 Å². The molecule has 132 valence electrons. The molecule has 24 heavy (non-hydrogen) atoms. The number of rotatable bonds is 6. The Labute approximate surface area is 137 Å². The molecule has 11 heteroatoms. The molecule has 0 spiro atoms. The molecular weight excluding hydrogens is 326 g/mol. The average molecular weight is 343 g/mol. The van der Waals surface area contributed by atoms with E-state index >= 15 is 0 Å². The maximum Gasteiger partial charge on any atom is 0.333 e. The first-order chi connectivity index (χ1) is 11.2. The summed E-state index contributed by atoms with van der Waals surface area (Å²) >= 11 is 0. The van der Waals surface area contributed by atoms with Crippen LogP contribution in [0.2, 0.25) is 0 Å². The van der Waals surface area contributed by atoms with Crippen LogP contribution < -0.4 is 0 Å². The van der Waals surface area contributed by atoms with Gasteiger partial charge in [-0.1, -0.05) is 13.2 Å². The second-order valence-corrected chi connectivity index (χ2v) is 3.17. The summed E-state index contributed by atoms with van der Waals surface area (Å²) in [6.07, 6.45) is 2.18. The van der Waals surface area contributed by atoms with Gasteiger partial charge in [0.2, 0.25) is 18.2 Å². The third-order valence-electron chi connectivity index (χ3n) is 1.34. The predicted molar refractivity (Wildman–Crippen MR) is 78.2 cm³/mol. The van der Waals surface area contributed by atoms with Crippen molar-refractivity contribution >= 4 is 30.2 Å². The van der Waals surface area contributed by atoms with Crippen molar-refractivity contribution in [3.8, 4) is 0 Å². The minimum Gasteiger partial charge on any atom is -0.460 e. The van der Waals surface area contributed by atoms with Crippen molar-refractivity contribution in [2.24, 2.45) is 0 Å². The second kappa shape index (κ2) is 24.5. The summed E-state index contributed by atoms with van der Waals surface area (Å²) in [6, 6.07) is 0. The Morgan fingerprint density at radius 3 is 1.71 bits per heavy atom. The van der Waals surface area contributed by atoms with Crippen molar-refractivity contribution in [1.29, 1.82) is 16.2 Å². The van der Waals surface area contributed by atoms with Gasteiger partial charge in [-0.3, -0.25) is 0 Å². The van der Waals surface area contributed by atoms with E-state index in [0.717, 1.165) is 24.3 Å². The summed E-state index contributed by atoms with van der Waals surface area (Å²) in [5.41, 5.74) is 0.241. The third-order valence-corrected chi connectivity index (χ3v) is 1.34. The van der Waals surface area contributed by atoms with Gasteiger partial charge in [-0.2, -0.15) is 0 Å². The lowest BCUT2D eigenvalue weighted by atomic mass is 10.3. The first-order valence-corrected chi connectivity index (χ1v) is 5.63. The van der Waals surface area contributed by atoms with Crippen molar-refractivity contribution in [2.75, 3.05) is 13.2 Å². The second-order valence-electron chi connectivity index (χ2n) is 3.17. The highest BCUT2D eigenvalue weighted by atomic mass is 16.6. The Kier molecular flexibility index (Phi) is 29.3. The number of esters is 2. The van der Waals surface area contributed by atoms with Crippen molar-refractivity contribution in [2.45, 2.75) is 13.0 Å². The summed E-state index contributed by atoms with van der Waals surface area (Å²) in [6.45, 7) is 7.56. The molecule has 0 amide bonds. The number of carbonyl (C=O) groups is 2. The molecule has 0 aliphatic heterocycles. The number of ether oxygens (including phenoxy) is 2. The zero-order valence-corrected chi connectivity index (χ0v) is 12.8. The van der Waals surface area contributed by atoms with Crippen LogP contribution in [0, 0.1) is 16.2 Å². The van der Waals surface area contributed by atoms with Crippen LogP contribution in [0.5, 0.6) is 0 Å². The first-order valence-electron chi connectivity index (χ1n) is 5.63. The van der Waals surface area contributed by atoms with Crippen molar-refractivity contribution in [3.63, 3.8) is 0 Å². The monoisotopic (exact) mass is 343 g/mol. The Hall–Kier alpha value is -3.48. The van der Waals surface area contributed by atoms with Gasteiger partial charge in [0, 0.05) is 11.6 Å². The first kappa shape index (κ1) is 28.6. The summed E-state index contributed by atoms with van der Waals surface area (Å²) in [5.74, 6) is -1.23. The zero-order valence-electron chi connectivity index (χ0n) is 12.8. The van der Waals surface area contributed by atoms with Gasteiger partial charge in [-0.25, -0.2) is 40.2 Å². The average Bonchev–Trinajstić information content (AvgIpc) is 2.52. The molecule has 0 radical (unpaired) electrons. The Balaban J connectivity index is -0.000000184. The largest absolute Gasteiger partial charge is 0.460 e. The van der Waals surface area contributed by atoms with Crippen molar-refractivity contribution in [1.82, 2.24) is 0 Å². The van der Waals surface area contributed by atoms with Gasteiger partial charge in [0.15, 0.2) is 0 Å². The molecule has 0 aliphatic rings. The Morgan fingerprint density at radius 2 is 1.42 bits per heavy atom. The summed E-state index contributed by atoms with van der Waals surface area (Å²) in [4.78, 5) is 46.5. The van der Waals surface area contributed by atoms with E-state index in [0.29, 0.717) is 0 Å². The van der Waals surface area contributed by atoms with E-state index in [9.17, 15) is 14.7 Å². The quantitative estimate of drug-likeness (QED) is 0.222. The number of carbonyl (C=O) groups excluding carboxylic acids is 5. The number of nitrogens with one attached hydrogen (secondary N) is 3. The number of aliphatic hydroxyl groups is 1. The van der Waals surface area contributed by atoms with Gasteiger partial charge in [0.05, 0.1) is 0 Å². The summed E-state index contributed by atoms with van der Waals surface area (Å²) in [5, 5.41) is 25.4. The highest BCUT2D eigenvalue weighted by molar-refractivity contribution is 5.86. The Morgan fingerprint density at radius 1 is 1.08 bits per heavy atom. The van der Waals surface area contributed by atoms with Crippen LogP contribution in [-0.4, -0.2) is 54.6 Å². The van der Waals surface area contributed by atoms with Crippen LogP contribution in [-0.2, 0) is 33.4 Å². The molecule has 0 aromatic carbocycles.